The Balaban J connectivity index is 1.65. The van der Waals surface area contributed by atoms with Gasteiger partial charge in [0, 0.05) is 12.1 Å². The number of ketones is 1. The van der Waals surface area contributed by atoms with Crippen LogP contribution in [-0.2, 0) is 16.1 Å². The van der Waals surface area contributed by atoms with E-state index in [4.69, 9.17) is 0 Å². The van der Waals surface area contributed by atoms with Gasteiger partial charge in [0.15, 0.2) is 0 Å². The van der Waals surface area contributed by atoms with E-state index in [2.05, 4.69) is 0 Å². The molecule has 0 radical (unpaired) electrons. The van der Waals surface area contributed by atoms with Crippen molar-refractivity contribution in [3.63, 3.8) is 0 Å². The Morgan fingerprint density at radius 2 is 1.56 bits per heavy atom. The summed E-state index contributed by atoms with van der Waals surface area (Å²) in [6.45, 7) is 0.814. The average molecular weight is 327 g/mol. The third kappa shape index (κ3) is 2.96. The van der Waals surface area contributed by atoms with E-state index in [1.165, 1.54) is 0 Å². The number of fused-ring (bicyclic) bond motifs is 1. The molecule has 1 saturated heterocycles. The maximum Gasteiger partial charge on any atom is 0.295 e. The maximum absolute atomic E-state index is 12.4. The number of carbonyl (C=O) groups excluding carboxylic acids is 2. The SMILES string of the molecule is O=C1C(=O)N(Cc2ccccc2)C/C1=C/c1cccc2ccccc12. The lowest BCUT2D eigenvalue weighted by Crippen LogP contribution is -2.26. The highest BCUT2D eigenvalue weighted by atomic mass is 16.2. The van der Waals surface area contributed by atoms with E-state index in [1.54, 1.807) is 4.90 Å². The fraction of sp³-hybridized carbons (Fsp3) is 0.0909. The lowest BCUT2D eigenvalue weighted by molar-refractivity contribution is -0.139. The minimum atomic E-state index is -0.421. The zero-order valence-electron chi connectivity index (χ0n) is 13.7. The smallest absolute Gasteiger partial charge is 0.295 e. The Morgan fingerprint density at radius 3 is 2.40 bits per heavy atom. The van der Waals surface area contributed by atoms with E-state index >= 15 is 0 Å². The summed E-state index contributed by atoms with van der Waals surface area (Å²) >= 11 is 0. The van der Waals surface area contributed by atoms with Gasteiger partial charge in [-0.1, -0.05) is 72.8 Å². The summed E-state index contributed by atoms with van der Waals surface area (Å²) in [5.74, 6) is -0.820. The molecule has 1 heterocycles. The van der Waals surface area contributed by atoms with Crippen molar-refractivity contribution in [3.05, 3.63) is 89.5 Å². The van der Waals surface area contributed by atoms with Crippen molar-refractivity contribution in [1.29, 1.82) is 0 Å². The van der Waals surface area contributed by atoms with Crippen molar-refractivity contribution >= 4 is 28.5 Å². The first kappa shape index (κ1) is 15.3. The molecule has 1 fully saturated rings. The van der Waals surface area contributed by atoms with Crippen molar-refractivity contribution in [3.8, 4) is 0 Å². The predicted molar refractivity (Wildman–Crippen MR) is 98.8 cm³/mol. The Kier molecular flexibility index (Phi) is 3.90. The zero-order valence-corrected chi connectivity index (χ0v) is 13.7. The summed E-state index contributed by atoms with van der Waals surface area (Å²) in [5.41, 5.74) is 2.54. The largest absolute Gasteiger partial charge is 0.327 e. The van der Waals surface area contributed by atoms with Gasteiger partial charge in [-0.25, -0.2) is 0 Å². The number of nitrogens with zero attached hydrogens (tertiary/aromatic N) is 1. The molecule has 0 aliphatic carbocycles. The molecule has 0 bridgehead atoms. The number of Topliss-reactive ketones (excluding diaryl/α,β-unsaturated/α-hetero) is 1. The van der Waals surface area contributed by atoms with Gasteiger partial charge in [0.25, 0.3) is 5.91 Å². The van der Waals surface area contributed by atoms with E-state index in [0.29, 0.717) is 18.7 Å². The fourth-order valence-electron chi connectivity index (χ4n) is 3.24. The van der Waals surface area contributed by atoms with Gasteiger partial charge in [0.2, 0.25) is 5.78 Å². The van der Waals surface area contributed by atoms with Crippen LogP contribution in [0.3, 0.4) is 0 Å². The first-order chi connectivity index (χ1) is 12.2. The van der Waals surface area contributed by atoms with Crippen LogP contribution in [0, 0.1) is 0 Å². The zero-order chi connectivity index (χ0) is 17.2. The van der Waals surface area contributed by atoms with Crippen molar-refractivity contribution < 1.29 is 9.59 Å². The molecule has 0 unspecified atom stereocenters. The molecule has 122 valence electrons. The van der Waals surface area contributed by atoms with Crippen LogP contribution in [0.2, 0.25) is 0 Å². The molecule has 1 amide bonds. The van der Waals surface area contributed by atoms with Crippen LogP contribution in [-0.4, -0.2) is 23.1 Å². The first-order valence-corrected chi connectivity index (χ1v) is 8.28. The molecule has 1 aliphatic rings. The predicted octanol–water partition coefficient (Wildman–Crippen LogP) is 3.83. The third-order valence-electron chi connectivity index (χ3n) is 4.50. The number of amides is 1. The summed E-state index contributed by atoms with van der Waals surface area (Å²) in [4.78, 5) is 26.3. The highest BCUT2D eigenvalue weighted by Crippen LogP contribution is 2.24. The van der Waals surface area contributed by atoms with Crippen molar-refractivity contribution in [2.24, 2.45) is 0 Å². The lowest BCUT2D eigenvalue weighted by Gasteiger charge is -2.13. The van der Waals surface area contributed by atoms with Crippen LogP contribution in [0.25, 0.3) is 16.8 Å². The van der Waals surface area contributed by atoms with Gasteiger partial charge in [-0.15, -0.1) is 0 Å². The molecule has 0 N–H and O–H groups in total. The number of hydrogen-bond acceptors (Lipinski definition) is 2. The quantitative estimate of drug-likeness (QED) is 0.541. The van der Waals surface area contributed by atoms with Gasteiger partial charge >= 0.3 is 0 Å². The third-order valence-corrected chi connectivity index (χ3v) is 4.50. The number of hydrogen-bond donors (Lipinski definition) is 0. The van der Waals surface area contributed by atoms with Gasteiger partial charge in [0.1, 0.15) is 0 Å². The minimum absolute atomic E-state index is 0.357. The van der Waals surface area contributed by atoms with E-state index < -0.39 is 11.7 Å². The van der Waals surface area contributed by atoms with Crippen molar-refractivity contribution in [2.45, 2.75) is 6.54 Å². The number of carbonyl (C=O) groups is 2. The molecule has 3 heteroatoms. The van der Waals surface area contributed by atoms with Crippen LogP contribution in [0.15, 0.2) is 78.4 Å². The average Bonchev–Trinajstić information content (AvgIpc) is 2.91. The number of benzene rings is 3. The summed E-state index contributed by atoms with van der Waals surface area (Å²) in [5, 5.41) is 2.20. The molecular formula is C22H17NO2. The summed E-state index contributed by atoms with van der Waals surface area (Å²) in [6, 6.07) is 23.8. The first-order valence-electron chi connectivity index (χ1n) is 8.28. The molecule has 4 rings (SSSR count). The molecule has 3 nitrogen and oxygen atoms in total. The summed E-state index contributed by atoms with van der Waals surface area (Å²) < 4.78 is 0. The Morgan fingerprint density at radius 1 is 0.840 bits per heavy atom. The monoisotopic (exact) mass is 327 g/mol. The molecule has 0 atom stereocenters. The lowest BCUT2D eigenvalue weighted by atomic mass is 10.0. The molecular weight excluding hydrogens is 310 g/mol. The highest BCUT2D eigenvalue weighted by molar-refractivity contribution is 6.46. The van der Waals surface area contributed by atoms with Crippen molar-refractivity contribution in [2.75, 3.05) is 6.54 Å². The summed E-state index contributed by atoms with van der Waals surface area (Å²) in [7, 11) is 0. The molecule has 0 spiro atoms. The van der Waals surface area contributed by atoms with Crippen molar-refractivity contribution in [1.82, 2.24) is 4.90 Å². The van der Waals surface area contributed by atoms with E-state index in [0.717, 1.165) is 21.9 Å². The van der Waals surface area contributed by atoms with Gasteiger partial charge in [-0.2, -0.15) is 0 Å². The van der Waals surface area contributed by atoms with E-state index in [1.807, 2.05) is 78.9 Å². The van der Waals surface area contributed by atoms with Crippen LogP contribution >= 0.6 is 0 Å². The Bertz CT molecular complexity index is 984. The van der Waals surface area contributed by atoms with Gasteiger partial charge in [0.05, 0.1) is 6.54 Å². The molecule has 0 saturated carbocycles. The number of likely N-dealkylation sites (tertiary alicyclic amines) is 1. The molecule has 1 aliphatic heterocycles. The Labute approximate surface area is 146 Å². The van der Waals surface area contributed by atoms with Gasteiger partial charge in [-0.3, -0.25) is 9.59 Å². The van der Waals surface area contributed by atoms with Crippen LogP contribution in [0.5, 0.6) is 0 Å². The fourth-order valence-corrected chi connectivity index (χ4v) is 3.24. The second kappa shape index (κ2) is 6.36. The minimum Gasteiger partial charge on any atom is -0.327 e. The standard InChI is InChI=1S/C22H17NO2/c24-21-19(13-18-11-6-10-17-9-4-5-12-20(17)18)15-23(22(21)25)14-16-7-2-1-3-8-16/h1-13H,14-15H2/b19-13-. The normalized spacial score (nSPS) is 16.2. The Hall–Kier alpha value is -3.20. The van der Waals surface area contributed by atoms with Crippen LogP contribution in [0.1, 0.15) is 11.1 Å². The highest BCUT2D eigenvalue weighted by Gasteiger charge is 2.33. The molecule has 3 aromatic carbocycles. The number of rotatable bonds is 3. The molecule has 3 aromatic rings. The van der Waals surface area contributed by atoms with Gasteiger partial charge in [-0.05, 0) is 28.0 Å². The molecule has 25 heavy (non-hydrogen) atoms. The second-order valence-corrected chi connectivity index (χ2v) is 6.21. The van der Waals surface area contributed by atoms with Crippen LogP contribution in [0.4, 0.5) is 0 Å². The van der Waals surface area contributed by atoms with E-state index in [-0.39, 0.29) is 0 Å². The second-order valence-electron chi connectivity index (χ2n) is 6.21. The maximum atomic E-state index is 12.4. The summed E-state index contributed by atoms with van der Waals surface area (Å²) in [6.07, 6.45) is 1.85. The van der Waals surface area contributed by atoms with E-state index in [9.17, 15) is 9.59 Å². The van der Waals surface area contributed by atoms with Gasteiger partial charge < -0.3 is 4.90 Å². The molecule has 0 aromatic heterocycles. The topological polar surface area (TPSA) is 37.4 Å². The van der Waals surface area contributed by atoms with Crippen LogP contribution < -0.4 is 0 Å².